The van der Waals surface area contributed by atoms with Crippen molar-refractivity contribution in [1.29, 1.82) is 0 Å². The summed E-state index contributed by atoms with van der Waals surface area (Å²) in [6.07, 6.45) is 4.48. The van der Waals surface area contributed by atoms with Crippen LogP contribution in [-0.2, 0) is 0 Å². The summed E-state index contributed by atoms with van der Waals surface area (Å²) in [7, 11) is 0. The molecule has 0 saturated heterocycles. The monoisotopic (exact) mass is 387 g/mol. The van der Waals surface area contributed by atoms with Crippen LogP contribution < -0.4 is 10.6 Å². The van der Waals surface area contributed by atoms with Crippen molar-refractivity contribution in [3.8, 4) is 11.3 Å². The lowest BCUT2D eigenvalue weighted by atomic mass is 10.2. The number of nitrogens with one attached hydrogen (secondary N) is 2. The van der Waals surface area contributed by atoms with E-state index in [2.05, 4.69) is 39.4 Å². The summed E-state index contributed by atoms with van der Waals surface area (Å²) < 4.78 is 0. The Hall–Kier alpha value is -2.37. The molecule has 0 unspecified atom stereocenters. The van der Waals surface area contributed by atoms with Gasteiger partial charge < -0.3 is 10.6 Å². The van der Waals surface area contributed by atoms with Crippen LogP contribution in [0.3, 0.4) is 0 Å². The first-order valence-electron chi connectivity index (χ1n) is 8.33. The van der Waals surface area contributed by atoms with Crippen molar-refractivity contribution in [3.05, 3.63) is 58.8 Å². The Kier molecular flexibility index (Phi) is 5.91. The molecule has 0 amide bonds. The fraction of sp³-hybridized carbons (Fsp3) is 0.211. The van der Waals surface area contributed by atoms with E-state index in [1.807, 2.05) is 24.3 Å². The van der Waals surface area contributed by atoms with E-state index in [4.69, 9.17) is 23.2 Å². The Bertz CT molecular complexity index is 886. The van der Waals surface area contributed by atoms with Crippen molar-refractivity contribution in [1.82, 2.24) is 15.0 Å². The molecular formula is C19H19Cl2N5. The van der Waals surface area contributed by atoms with Crippen LogP contribution in [0.2, 0.25) is 10.0 Å². The maximum absolute atomic E-state index is 6.10. The fourth-order valence-electron chi connectivity index (χ4n) is 2.28. The molecule has 3 aromatic rings. The van der Waals surface area contributed by atoms with E-state index in [0.29, 0.717) is 21.8 Å². The van der Waals surface area contributed by atoms with Crippen LogP contribution in [0.4, 0.5) is 17.5 Å². The van der Waals surface area contributed by atoms with Gasteiger partial charge >= 0.3 is 0 Å². The van der Waals surface area contributed by atoms with Crippen LogP contribution in [0.5, 0.6) is 0 Å². The zero-order valence-electron chi connectivity index (χ0n) is 14.5. The molecule has 0 radical (unpaired) electrons. The molecular weight excluding hydrogens is 369 g/mol. The Morgan fingerprint density at radius 2 is 1.92 bits per heavy atom. The van der Waals surface area contributed by atoms with Gasteiger partial charge in [-0.3, -0.25) is 4.98 Å². The summed E-state index contributed by atoms with van der Waals surface area (Å²) >= 11 is 12.1. The van der Waals surface area contributed by atoms with Crippen molar-refractivity contribution in [2.75, 3.05) is 10.6 Å². The van der Waals surface area contributed by atoms with Gasteiger partial charge in [-0.1, -0.05) is 30.1 Å². The summed E-state index contributed by atoms with van der Waals surface area (Å²) in [5.41, 5.74) is 2.49. The number of anilines is 3. The third kappa shape index (κ3) is 4.62. The van der Waals surface area contributed by atoms with Crippen molar-refractivity contribution in [2.24, 2.45) is 0 Å². The number of nitrogens with zero attached hydrogens (tertiary/aromatic N) is 3. The minimum atomic E-state index is 0.261. The van der Waals surface area contributed by atoms with Gasteiger partial charge in [-0.2, -0.15) is 4.98 Å². The maximum Gasteiger partial charge on any atom is 0.225 e. The van der Waals surface area contributed by atoms with E-state index >= 15 is 0 Å². The SMILES string of the molecule is CC[C@H](C)Nc1nc(Nc2ccc(Cl)c(Cl)c2)cc(-c2cccnc2)n1. The quantitative estimate of drug-likeness (QED) is 0.559. The molecule has 26 heavy (non-hydrogen) atoms. The van der Waals surface area contributed by atoms with Crippen LogP contribution in [0.1, 0.15) is 20.3 Å². The lowest BCUT2D eigenvalue weighted by Crippen LogP contribution is -2.16. The minimum Gasteiger partial charge on any atom is -0.352 e. The van der Waals surface area contributed by atoms with Crippen LogP contribution in [-0.4, -0.2) is 21.0 Å². The molecule has 0 spiro atoms. The first-order valence-corrected chi connectivity index (χ1v) is 9.09. The van der Waals surface area contributed by atoms with Gasteiger partial charge in [0.25, 0.3) is 0 Å². The molecule has 0 aliphatic rings. The molecule has 2 aromatic heterocycles. The van der Waals surface area contributed by atoms with Crippen LogP contribution in [0, 0.1) is 0 Å². The average Bonchev–Trinajstić information content (AvgIpc) is 2.65. The molecule has 3 rings (SSSR count). The van der Waals surface area contributed by atoms with E-state index < -0.39 is 0 Å². The van der Waals surface area contributed by atoms with Crippen LogP contribution in [0.25, 0.3) is 11.3 Å². The van der Waals surface area contributed by atoms with Gasteiger partial charge in [-0.25, -0.2) is 4.98 Å². The minimum absolute atomic E-state index is 0.261. The number of halogens is 2. The molecule has 0 saturated carbocycles. The highest BCUT2D eigenvalue weighted by molar-refractivity contribution is 6.42. The molecule has 0 fully saturated rings. The molecule has 0 bridgehead atoms. The van der Waals surface area contributed by atoms with E-state index in [1.165, 1.54) is 0 Å². The van der Waals surface area contributed by atoms with Gasteiger partial charge in [0.1, 0.15) is 5.82 Å². The third-order valence-electron chi connectivity index (χ3n) is 3.86. The Labute approximate surface area is 162 Å². The zero-order chi connectivity index (χ0) is 18.5. The molecule has 5 nitrogen and oxygen atoms in total. The molecule has 1 atom stereocenters. The van der Waals surface area contributed by atoms with E-state index in [0.717, 1.165) is 23.4 Å². The second-order valence-electron chi connectivity index (χ2n) is 5.91. The second kappa shape index (κ2) is 8.34. The average molecular weight is 388 g/mol. The summed E-state index contributed by atoms with van der Waals surface area (Å²) in [4.78, 5) is 13.3. The molecule has 7 heteroatoms. The molecule has 1 aromatic carbocycles. The van der Waals surface area contributed by atoms with Crippen molar-refractivity contribution in [3.63, 3.8) is 0 Å². The number of hydrogen-bond donors (Lipinski definition) is 2. The summed E-state index contributed by atoms with van der Waals surface area (Å²) in [5, 5.41) is 7.57. The van der Waals surface area contributed by atoms with Crippen LogP contribution >= 0.6 is 23.2 Å². The Morgan fingerprint density at radius 1 is 1.08 bits per heavy atom. The van der Waals surface area contributed by atoms with Gasteiger partial charge in [0.2, 0.25) is 5.95 Å². The largest absolute Gasteiger partial charge is 0.352 e. The van der Waals surface area contributed by atoms with E-state index in [1.54, 1.807) is 24.5 Å². The number of benzene rings is 1. The molecule has 2 N–H and O–H groups in total. The van der Waals surface area contributed by atoms with Gasteiger partial charge in [0.15, 0.2) is 0 Å². The standard InChI is InChI=1S/C19H19Cl2N5/c1-3-12(2)23-19-25-17(13-5-4-8-22-11-13)10-18(26-19)24-14-6-7-15(20)16(21)9-14/h4-12H,3H2,1-2H3,(H2,23,24,25,26)/t12-/m0/s1. The van der Waals surface area contributed by atoms with Gasteiger partial charge in [-0.05, 0) is 43.7 Å². The summed E-state index contributed by atoms with van der Waals surface area (Å²) in [6.45, 7) is 4.20. The van der Waals surface area contributed by atoms with E-state index in [-0.39, 0.29) is 6.04 Å². The van der Waals surface area contributed by atoms with Gasteiger partial charge in [0, 0.05) is 35.8 Å². The van der Waals surface area contributed by atoms with Crippen LogP contribution in [0.15, 0.2) is 48.8 Å². The smallest absolute Gasteiger partial charge is 0.225 e. The van der Waals surface area contributed by atoms with Crippen molar-refractivity contribution in [2.45, 2.75) is 26.3 Å². The Morgan fingerprint density at radius 3 is 2.62 bits per heavy atom. The maximum atomic E-state index is 6.10. The Balaban J connectivity index is 1.97. The first-order chi connectivity index (χ1) is 12.5. The normalized spacial score (nSPS) is 11.8. The van der Waals surface area contributed by atoms with Crippen molar-refractivity contribution < 1.29 is 0 Å². The summed E-state index contributed by atoms with van der Waals surface area (Å²) in [5.74, 6) is 1.21. The highest BCUT2D eigenvalue weighted by atomic mass is 35.5. The number of rotatable bonds is 6. The van der Waals surface area contributed by atoms with Crippen molar-refractivity contribution >= 4 is 40.7 Å². The highest BCUT2D eigenvalue weighted by Gasteiger charge is 2.10. The number of pyridine rings is 1. The molecule has 0 aliphatic carbocycles. The number of hydrogen-bond acceptors (Lipinski definition) is 5. The first kappa shape index (κ1) is 18.4. The van der Waals surface area contributed by atoms with Gasteiger partial charge in [0.05, 0.1) is 15.7 Å². The second-order valence-corrected chi connectivity index (χ2v) is 6.73. The lowest BCUT2D eigenvalue weighted by Gasteiger charge is -2.14. The predicted molar refractivity (Wildman–Crippen MR) is 108 cm³/mol. The summed E-state index contributed by atoms with van der Waals surface area (Å²) in [6, 6.07) is 11.3. The zero-order valence-corrected chi connectivity index (χ0v) is 16.0. The predicted octanol–water partition coefficient (Wildman–Crippen LogP) is 5.80. The van der Waals surface area contributed by atoms with E-state index in [9.17, 15) is 0 Å². The van der Waals surface area contributed by atoms with Gasteiger partial charge in [-0.15, -0.1) is 0 Å². The third-order valence-corrected chi connectivity index (χ3v) is 4.60. The molecule has 134 valence electrons. The molecule has 2 heterocycles. The number of aromatic nitrogens is 3. The highest BCUT2D eigenvalue weighted by Crippen LogP contribution is 2.28. The topological polar surface area (TPSA) is 62.7 Å². The fourth-order valence-corrected chi connectivity index (χ4v) is 2.58. The lowest BCUT2D eigenvalue weighted by molar-refractivity contribution is 0.753. The molecule has 0 aliphatic heterocycles.